The number of terminal acetylenes is 1. The maximum atomic E-state index is 6.08. The molecule has 0 heterocycles. The summed E-state index contributed by atoms with van der Waals surface area (Å²) in [4.78, 5) is 0. The zero-order valence-corrected chi connectivity index (χ0v) is 14.5. The van der Waals surface area contributed by atoms with Gasteiger partial charge in [-0.3, -0.25) is 0 Å². The molecule has 2 rings (SSSR count). The second-order valence-electron chi connectivity index (χ2n) is 5.36. The monoisotopic (exact) mass is 329 g/mol. The van der Waals surface area contributed by atoms with E-state index < -0.39 is 5.60 Å². The second-order valence-corrected chi connectivity index (χ2v) is 5.36. The van der Waals surface area contributed by atoms with Crippen LogP contribution in [0.1, 0.15) is 24.0 Å². The fourth-order valence-electron chi connectivity index (χ4n) is 2.90. The molecule has 0 saturated carbocycles. The highest BCUT2D eigenvalue weighted by Crippen LogP contribution is 2.37. The Morgan fingerprint density at radius 1 is 1.04 bits per heavy atom. The lowest BCUT2D eigenvalue weighted by molar-refractivity contribution is 0.00682. The molecule has 1 N–H and O–H groups in total. The first-order valence-corrected chi connectivity index (χ1v) is 7.53. The van der Waals surface area contributed by atoms with Crippen LogP contribution in [0.2, 0.25) is 0 Å². The maximum absolute atomic E-state index is 6.08. The van der Waals surface area contributed by atoms with Gasteiger partial charge in [0.2, 0.25) is 0 Å². The van der Waals surface area contributed by atoms with Gasteiger partial charge < -0.3 is 10.1 Å². The van der Waals surface area contributed by atoms with Crippen LogP contribution in [0.4, 0.5) is 0 Å². The molecule has 0 aliphatic carbocycles. The minimum Gasteiger partial charge on any atom is -0.369 e. The van der Waals surface area contributed by atoms with Crippen molar-refractivity contribution in [3.63, 3.8) is 0 Å². The Kier molecular flexibility index (Phi) is 7.85. The van der Waals surface area contributed by atoms with E-state index in [1.807, 2.05) is 43.4 Å². The number of methoxy groups -OCH3 is 1. The van der Waals surface area contributed by atoms with E-state index in [4.69, 9.17) is 11.2 Å². The van der Waals surface area contributed by atoms with E-state index in [1.54, 1.807) is 7.11 Å². The maximum Gasteiger partial charge on any atom is 0.119 e. The number of ether oxygens (including phenoxy) is 1. The molecule has 2 aromatic carbocycles. The van der Waals surface area contributed by atoms with Crippen LogP contribution < -0.4 is 5.32 Å². The molecule has 0 amide bonds. The topological polar surface area (TPSA) is 21.3 Å². The molecule has 0 aliphatic rings. The zero-order valence-electron chi connectivity index (χ0n) is 13.7. The van der Waals surface area contributed by atoms with E-state index in [9.17, 15) is 0 Å². The molecule has 0 fully saturated rings. The summed E-state index contributed by atoms with van der Waals surface area (Å²) in [5, 5.41) is 3.31. The number of hydrogen-bond donors (Lipinski definition) is 1. The van der Waals surface area contributed by atoms with Crippen LogP contribution in [0, 0.1) is 12.3 Å². The van der Waals surface area contributed by atoms with Crippen LogP contribution in [0.5, 0.6) is 0 Å². The normalized spacial score (nSPS) is 12.0. The summed E-state index contributed by atoms with van der Waals surface area (Å²) >= 11 is 0. The minimum atomic E-state index is -0.507. The molecule has 23 heavy (non-hydrogen) atoms. The second kappa shape index (κ2) is 9.37. The highest BCUT2D eigenvalue weighted by atomic mass is 35.5. The predicted molar refractivity (Wildman–Crippen MR) is 98.8 cm³/mol. The van der Waals surface area contributed by atoms with E-state index in [-0.39, 0.29) is 18.4 Å². The zero-order chi connectivity index (χ0) is 15.8. The molecule has 0 radical (unpaired) electrons. The Balaban J connectivity index is 0.00000264. The van der Waals surface area contributed by atoms with Gasteiger partial charge in [0.25, 0.3) is 0 Å². The summed E-state index contributed by atoms with van der Waals surface area (Å²) in [5.74, 6) is 2.75. The van der Waals surface area contributed by atoms with Crippen LogP contribution >= 0.6 is 12.4 Å². The molecular formula is C20H24ClNO. The van der Waals surface area contributed by atoms with Crippen molar-refractivity contribution >= 4 is 12.4 Å². The third kappa shape index (κ3) is 4.36. The van der Waals surface area contributed by atoms with Crippen molar-refractivity contribution in [3.05, 3.63) is 71.8 Å². The quantitative estimate of drug-likeness (QED) is 0.775. The van der Waals surface area contributed by atoms with Crippen LogP contribution in [-0.2, 0) is 10.3 Å². The van der Waals surface area contributed by atoms with E-state index in [0.717, 1.165) is 17.5 Å². The number of rotatable bonds is 7. The fraction of sp³-hybridized carbons (Fsp3) is 0.300. The first kappa shape index (κ1) is 19.3. The lowest BCUT2D eigenvalue weighted by Crippen LogP contribution is -2.39. The van der Waals surface area contributed by atoms with Gasteiger partial charge in [0.15, 0.2) is 0 Å². The summed E-state index contributed by atoms with van der Waals surface area (Å²) < 4.78 is 6.08. The summed E-state index contributed by atoms with van der Waals surface area (Å²) in [6.07, 6.45) is 6.96. The molecule has 0 bridgehead atoms. The van der Waals surface area contributed by atoms with Gasteiger partial charge in [-0.25, -0.2) is 0 Å². The van der Waals surface area contributed by atoms with Crippen LogP contribution in [-0.4, -0.2) is 20.2 Å². The molecular weight excluding hydrogens is 306 g/mol. The standard InChI is InChI=1S/C20H23NO.ClH/c1-4-11-19(21-2)16-20(22-3,17-12-7-5-8-13-17)18-14-9-6-10-15-18;/h1,5-10,12-15,19,21H,11,16H2,2-3H3;1H. The number of halogens is 1. The number of benzene rings is 2. The Hall–Kier alpha value is -1.79. The molecule has 0 saturated heterocycles. The van der Waals surface area contributed by atoms with E-state index in [1.165, 1.54) is 0 Å². The first-order chi connectivity index (χ1) is 10.8. The largest absolute Gasteiger partial charge is 0.369 e. The van der Waals surface area contributed by atoms with Gasteiger partial charge in [0, 0.05) is 26.0 Å². The summed E-state index contributed by atoms with van der Waals surface area (Å²) in [6.45, 7) is 0. The van der Waals surface area contributed by atoms with Crippen LogP contribution in [0.3, 0.4) is 0 Å². The first-order valence-electron chi connectivity index (χ1n) is 7.53. The molecule has 0 aliphatic heterocycles. The Morgan fingerprint density at radius 3 is 1.87 bits per heavy atom. The van der Waals surface area contributed by atoms with Crippen molar-refractivity contribution in [2.45, 2.75) is 24.5 Å². The average molecular weight is 330 g/mol. The van der Waals surface area contributed by atoms with Crippen molar-refractivity contribution in [2.24, 2.45) is 0 Å². The van der Waals surface area contributed by atoms with Crippen LogP contribution in [0.15, 0.2) is 60.7 Å². The van der Waals surface area contributed by atoms with Gasteiger partial charge in [-0.1, -0.05) is 60.7 Å². The third-order valence-electron chi connectivity index (χ3n) is 4.14. The molecule has 2 nitrogen and oxygen atoms in total. The Labute approximate surface area is 145 Å². The van der Waals surface area contributed by atoms with Crippen molar-refractivity contribution in [1.29, 1.82) is 0 Å². The lowest BCUT2D eigenvalue weighted by atomic mass is 9.80. The Morgan fingerprint density at radius 2 is 1.52 bits per heavy atom. The highest BCUT2D eigenvalue weighted by Gasteiger charge is 2.36. The summed E-state index contributed by atoms with van der Waals surface area (Å²) in [6, 6.07) is 20.8. The molecule has 1 atom stereocenters. The van der Waals surface area contributed by atoms with E-state index >= 15 is 0 Å². The average Bonchev–Trinajstić information content (AvgIpc) is 2.60. The van der Waals surface area contributed by atoms with Crippen molar-refractivity contribution in [2.75, 3.05) is 14.2 Å². The van der Waals surface area contributed by atoms with E-state index in [0.29, 0.717) is 6.42 Å². The highest BCUT2D eigenvalue weighted by molar-refractivity contribution is 5.85. The molecule has 2 aromatic rings. The van der Waals surface area contributed by atoms with Gasteiger partial charge in [0.1, 0.15) is 5.60 Å². The summed E-state index contributed by atoms with van der Waals surface area (Å²) in [7, 11) is 3.71. The SMILES string of the molecule is C#CCC(CC(OC)(c1ccccc1)c1ccccc1)NC.Cl. The van der Waals surface area contributed by atoms with Gasteiger partial charge in [-0.05, 0) is 18.2 Å². The van der Waals surface area contributed by atoms with Crippen molar-refractivity contribution in [3.8, 4) is 12.3 Å². The molecule has 0 aromatic heterocycles. The predicted octanol–water partition coefficient (Wildman–Crippen LogP) is 4.00. The van der Waals surface area contributed by atoms with Crippen molar-refractivity contribution in [1.82, 2.24) is 5.32 Å². The molecule has 122 valence electrons. The van der Waals surface area contributed by atoms with E-state index in [2.05, 4.69) is 35.5 Å². The molecule has 1 unspecified atom stereocenters. The van der Waals surface area contributed by atoms with Crippen LogP contribution in [0.25, 0.3) is 0 Å². The fourth-order valence-corrected chi connectivity index (χ4v) is 2.90. The lowest BCUT2D eigenvalue weighted by Gasteiger charge is -2.36. The molecule has 3 heteroatoms. The number of nitrogens with one attached hydrogen (secondary N) is 1. The minimum absolute atomic E-state index is 0. The third-order valence-corrected chi connectivity index (χ3v) is 4.14. The number of hydrogen-bond acceptors (Lipinski definition) is 2. The summed E-state index contributed by atoms with van der Waals surface area (Å²) in [5.41, 5.74) is 1.77. The Bertz CT molecular complexity index is 567. The van der Waals surface area contributed by atoms with Gasteiger partial charge in [0.05, 0.1) is 0 Å². The van der Waals surface area contributed by atoms with Gasteiger partial charge >= 0.3 is 0 Å². The molecule has 0 spiro atoms. The van der Waals surface area contributed by atoms with Gasteiger partial charge in [-0.15, -0.1) is 24.8 Å². The van der Waals surface area contributed by atoms with Gasteiger partial charge in [-0.2, -0.15) is 0 Å². The smallest absolute Gasteiger partial charge is 0.119 e. The van der Waals surface area contributed by atoms with Crippen molar-refractivity contribution < 1.29 is 4.74 Å².